The predicted molar refractivity (Wildman–Crippen MR) is 162 cm³/mol. The summed E-state index contributed by atoms with van der Waals surface area (Å²) >= 11 is 0. The van der Waals surface area contributed by atoms with Crippen LogP contribution >= 0.6 is 0 Å². The number of aliphatic hydroxyl groups is 1. The summed E-state index contributed by atoms with van der Waals surface area (Å²) in [5.41, 5.74) is 3.89. The first kappa shape index (κ1) is 32.6. The molecule has 0 bridgehead atoms. The summed E-state index contributed by atoms with van der Waals surface area (Å²) in [6.07, 6.45) is -5.34. The van der Waals surface area contributed by atoms with Crippen LogP contribution in [0.2, 0.25) is 0 Å². The summed E-state index contributed by atoms with van der Waals surface area (Å²) in [5.74, 6) is -2.68. The van der Waals surface area contributed by atoms with Crippen LogP contribution in [-0.4, -0.2) is 65.2 Å². The van der Waals surface area contributed by atoms with Crippen molar-refractivity contribution in [2.24, 2.45) is 0 Å². The van der Waals surface area contributed by atoms with Crippen LogP contribution in [0, 0.1) is 0 Å². The van der Waals surface area contributed by atoms with Crippen LogP contribution in [-0.2, 0) is 25.7 Å². The second-order valence-corrected chi connectivity index (χ2v) is 11.6. The van der Waals surface area contributed by atoms with Crippen molar-refractivity contribution < 1.29 is 37.3 Å². The van der Waals surface area contributed by atoms with Crippen molar-refractivity contribution >= 4 is 17.5 Å². The molecule has 3 aromatic rings. The zero-order chi connectivity index (χ0) is 32.1. The van der Waals surface area contributed by atoms with Gasteiger partial charge >= 0.3 is 12.1 Å². The second-order valence-electron chi connectivity index (χ2n) is 11.6. The second kappa shape index (κ2) is 14.1. The first-order valence-electron chi connectivity index (χ1n) is 15.1. The van der Waals surface area contributed by atoms with Crippen LogP contribution in [0.15, 0.2) is 78.9 Å². The highest BCUT2D eigenvalue weighted by Gasteiger charge is 2.47. The standard InChI is InChI=1S/C34H38F3N3O5/c1-22(24-8-4-3-5-9-24)39(2)20-28-19-30(25-15-13-23(21-41)14-16-25)45-32(44-28)26-10-6-11-27(18-26)38-31(42)29-12-7-17-40(29)33(43)34(35,36)37/h3-6,8-11,13-16,18,22,28-30,32,41H,7,12,17,19-21H2,1-2H3,(H,38,42)/t22-,28+,29-,30-,32-/m0/s1. The molecule has 2 fully saturated rings. The average Bonchev–Trinajstić information content (AvgIpc) is 3.54. The van der Waals surface area contributed by atoms with Gasteiger partial charge in [0.2, 0.25) is 5.91 Å². The Morgan fingerprint density at radius 3 is 2.44 bits per heavy atom. The van der Waals surface area contributed by atoms with Crippen LogP contribution in [0.4, 0.5) is 18.9 Å². The minimum atomic E-state index is -5.04. The largest absolute Gasteiger partial charge is 0.471 e. The van der Waals surface area contributed by atoms with E-state index in [0.29, 0.717) is 35.5 Å². The van der Waals surface area contributed by atoms with Gasteiger partial charge in [0.05, 0.1) is 18.8 Å². The van der Waals surface area contributed by atoms with Crippen molar-refractivity contribution in [2.75, 3.05) is 25.5 Å². The molecule has 5 rings (SSSR count). The molecular weight excluding hydrogens is 587 g/mol. The van der Waals surface area contributed by atoms with Gasteiger partial charge in [-0.3, -0.25) is 14.5 Å². The lowest BCUT2D eigenvalue weighted by Crippen LogP contribution is -2.48. The lowest BCUT2D eigenvalue weighted by molar-refractivity contribution is -0.253. The summed E-state index contributed by atoms with van der Waals surface area (Å²) in [6, 6.07) is 23.5. The fraction of sp³-hybridized carbons (Fsp3) is 0.412. The third kappa shape index (κ3) is 7.91. The molecular formula is C34H38F3N3O5. The maximum Gasteiger partial charge on any atom is 0.471 e. The van der Waals surface area contributed by atoms with Crippen molar-refractivity contribution in [1.29, 1.82) is 0 Å². The van der Waals surface area contributed by atoms with Crippen molar-refractivity contribution in [3.63, 3.8) is 0 Å². The third-order valence-electron chi connectivity index (χ3n) is 8.53. The van der Waals surface area contributed by atoms with Crippen molar-refractivity contribution in [2.45, 2.75) is 69.6 Å². The number of aliphatic hydroxyl groups excluding tert-OH is 1. The van der Waals surface area contributed by atoms with E-state index in [-0.39, 0.29) is 37.8 Å². The van der Waals surface area contributed by atoms with Gasteiger partial charge in [-0.05, 0) is 55.6 Å². The summed E-state index contributed by atoms with van der Waals surface area (Å²) in [7, 11) is 2.04. The first-order chi connectivity index (χ1) is 21.5. The Morgan fingerprint density at radius 2 is 1.76 bits per heavy atom. The monoisotopic (exact) mass is 625 g/mol. The normalized spacial score (nSPS) is 22.8. The Hall–Kier alpha value is -3.77. The van der Waals surface area contributed by atoms with E-state index in [1.54, 1.807) is 24.3 Å². The molecule has 3 aromatic carbocycles. The van der Waals surface area contributed by atoms with Crippen molar-refractivity contribution in [1.82, 2.24) is 9.80 Å². The average molecular weight is 626 g/mol. The quantitative estimate of drug-likeness (QED) is 0.308. The Kier molecular flexibility index (Phi) is 10.2. The topological polar surface area (TPSA) is 91.3 Å². The molecule has 2 aliphatic heterocycles. The number of anilines is 1. The SMILES string of the molecule is C[C@@H](c1ccccc1)N(C)C[C@H]1C[C@@H](c2ccc(CO)cc2)O[C@@H](c2cccc(NC(=O)[C@@H]3CCCN3C(=O)C(F)(F)F)c2)O1. The van der Waals surface area contributed by atoms with Gasteiger partial charge in [-0.2, -0.15) is 13.2 Å². The van der Waals surface area contributed by atoms with Gasteiger partial charge in [0.25, 0.3) is 0 Å². The van der Waals surface area contributed by atoms with E-state index in [4.69, 9.17) is 9.47 Å². The van der Waals surface area contributed by atoms with Crippen LogP contribution in [0.1, 0.15) is 66.9 Å². The van der Waals surface area contributed by atoms with E-state index in [1.165, 1.54) is 5.56 Å². The highest BCUT2D eigenvalue weighted by molar-refractivity contribution is 5.98. The number of ether oxygens (including phenoxy) is 2. The van der Waals surface area contributed by atoms with E-state index >= 15 is 0 Å². The fourth-order valence-corrected chi connectivity index (χ4v) is 5.93. The van der Waals surface area contributed by atoms with Gasteiger partial charge < -0.3 is 24.8 Å². The number of likely N-dealkylation sites (N-methyl/N-ethyl adjacent to an activating group) is 1. The maximum atomic E-state index is 13.1. The molecule has 5 atom stereocenters. The van der Waals surface area contributed by atoms with Gasteiger partial charge in [0.1, 0.15) is 6.04 Å². The molecule has 0 unspecified atom stereocenters. The number of nitrogens with one attached hydrogen (secondary N) is 1. The fourth-order valence-electron chi connectivity index (χ4n) is 5.93. The minimum Gasteiger partial charge on any atom is -0.392 e. The number of rotatable bonds is 9. The molecule has 8 nitrogen and oxygen atoms in total. The number of likely N-dealkylation sites (tertiary alicyclic amines) is 1. The molecule has 0 aromatic heterocycles. The lowest BCUT2D eigenvalue weighted by Gasteiger charge is -2.39. The molecule has 2 heterocycles. The number of carbonyl (C=O) groups is 2. The Morgan fingerprint density at radius 1 is 1.02 bits per heavy atom. The number of hydrogen-bond donors (Lipinski definition) is 2. The summed E-state index contributed by atoms with van der Waals surface area (Å²) < 4.78 is 52.2. The first-order valence-corrected chi connectivity index (χ1v) is 15.1. The van der Waals surface area contributed by atoms with Gasteiger partial charge in [0.15, 0.2) is 6.29 Å². The number of amides is 2. The number of alkyl halides is 3. The highest BCUT2D eigenvalue weighted by atomic mass is 19.4. The zero-order valence-electron chi connectivity index (χ0n) is 25.2. The van der Waals surface area contributed by atoms with Gasteiger partial charge in [-0.15, -0.1) is 0 Å². The Labute approximate surface area is 260 Å². The smallest absolute Gasteiger partial charge is 0.392 e. The van der Waals surface area contributed by atoms with E-state index in [0.717, 1.165) is 11.1 Å². The van der Waals surface area contributed by atoms with Crippen LogP contribution < -0.4 is 5.32 Å². The molecule has 2 amide bonds. The summed E-state index contributed by atoms with van der Waals surface area (Å²) in [4.78, 5) is 27.7. The van der Waals surface area contributed by atoms with Gasteiger partial charge in [-0.25, -0.2) is 0 Å². The summed E-state index contributed by atoms with van der Waals surface area (Å²) in [6.45, 7) is 2.56. The minimum absolute atomic E-state index is 0.0656. The molecule has 240 valence electrons. The van der Waals surface area contributed by atoms with E-state index in [1.807, 2.05) is 49.5 Å². The number of carbonyl (C=O) groups excluding carboxylic acids is 2. The molecule has 2 N–H and O–H groups in total. The van der Waals surface area contributed by atoms with Gasteiger partial charge in [-0.1, -0.05) is 66.7 Å². The van der Waals surface area contributed by atoms with E-state index in [9.17, 15) is 27.9 Å². The molecule has 0 aliphatic carbocycles. The molecule has 2 aliphatic rings. The predicted octanol–water partition coefficient (Wildman–Crippen LogP) is 5.91. The van der Waals surface area contributed by atoms with Crippen LogP contribution in [0.3, 0.4) is 0 Å². The number of hydrogen-bond acceptors (Lipinski definition) is 6. The Balaban J connectivity index is 1.34. The number of nitrogens with zero attached hydrogens (tertiary/aromatic N) is 2. The zero-order valence-corrected chi connectivity index (χ0v) is 25.2. The molecule has 0 radical (unpaired) electrons. The Bertz CT molecular complexity index is 1450. The van der Waals surface area contributed by atoms with Crippen molar-refractivity contribution in [3.8, 4) is 0 Å². The third-order valence-corrected chi connectivity index (χ3v) is 8.53. The molecule has 0 spiro atoms. The van der Waals surface area contributed by atoms with E-state index in [2.05, 4.69) is 29.3 Å². The molecule has 2 saturated heterocycles. The summed E-state index contributed by atoms with van der Waals surface area (Å²) in [5, 5.41) is 12.2. The highest BCUT2D eigenvalue weighted by Crippen LogP contribution is 2.39. The van der Waals surface area contributed by atoms with E-state index < -0.39 is 30.3 Å². The molecule has 45 heavy (non-hydrogen) atoms. The van der Waals surface area contributed by atoms with Crippen LogP contribution in [0.25, 0.3) is 0 Å². The molecule has 0 saturated carbocycles. The molecule has 11 heteroatoms. The lowest BCUT2D eigenvalue weighted by atomic mass is 9.99. The van der Waals surface area contributed by atoms with Gasteiger partial charge in [0, 0.05) is 36.8 Å². The van der Waals surface area contributed by atoms with Crippen molar-refractivity contribution in [3.05, 3.63) is 101 Å². The van der Waals surface area contributed by atoms with Crippen LogP contribution in [0.5, 0.6) is 0 Å². The maximum absolute atomic E-state index is 13.1. The number of benzene rings is 3. The number of halogens is 3.